The number of hydrogen-bond acceptors (Lipinski definition) is 13. The highest BCUT2D eigenvalue weighted by atomic mass is 127. The fourth-order valence-electron chi connectivity index (χ4n) is 5.34. The molecular formula is C33H40IN6O10P. The number of nitrogens with zero attached hydrogens (tertiary/aromatic N) is 4. The minimum atomic E-state index is -4.33. The average Bonchev–Trinajstić information content (AvgIpc) is 3.55. The molecule has 1 aliphatic heterocycles. The normalized spacial score (nSPS) is 21.7. The van der Waals surface area contributed by atoms with Crippen molar-refractivity contribution in [1.29, 1.82) is 0 Å². The number of aryl methyl sites for hydroxylation is 1. The Labute approximate surface area is 307 Å². The number of aromatic nitrogens is 4. The molecule has 0 saturated carbocycles. The summed E-state index contributed by atoms with van der Waals surface area (Å²) in [6, 6.07) is 15.7. The van der Waals surface area contributed by atoms with E-state index in [9.17, 15) is 24.4 Å². The van der Waals surface area contributed by atoms with Gasteiger partial charge in [0.05, 0.1) is 13.7 Å². The average molecular weight is 839 g/mol. The number of carbonyl (C=O) groups excluding carboxylic acids is 2. The lowest BCUT2D eigenvalue weighted by Gasteiger charge is -2.28. The van der Waals surface area contributed by atoms with Crippen molar-refractivity contribution in [3.05, 3.63) is 81.4 Å². The van der Waals surface area contributed by atoms with Crippen molar-refractivity contribution in [2.75, 3.05) is 13.7 Å². The Kier molecular flexibility index (Phi) is 12.4. The second-order valence-corrected chi connectivity index (χ2v) is 15.0. The van der Waals surface area contributed by atoms with Gasteiger partial charge in [0.1, 0.15) is 48.9 Å². The molecule has 3 heterocycles. The maximum absolute atomic E-state index is 14.4. The number of nitrogens with one attached hydrogen (secondary N) is 2. The summed E-state index contributed by atoms with van der Waals surface area (Å²) < 4.78 is 44.4. The summed E-state index contributed by atoms with van der Waals surface area (Å²) in [7, 11) is -2.88. The zero-order valence-electron chi connectivity index (χ0n) is 28.6. The number of imidazole rings is 1. The van der Waals surface area contributed by atoms with Gasteiger partial charge in [-0.2, -0.15) is 4.98 Å². The van der Waals surface area contributed by atoms with Gasteiger partial charge in [-0.05, 0) is 38.8 Å². The summed E-state index contributed by atoms with van der Waals surface area (Å²) >= 11 is 1.94. The van der Waals surface area contributed by atoms with Gasteiger partial charge in [0.25, 0.3) is 0 Å². The first-order chi connectivity index (χ1) is 24.2. The van der Waals surface area contributed by atoms with Gasteiger partial charge >= 0.3 is 19.6 Å². The van der Waals surface area contributed by atoms with Gasteiger partial charge < -0.3 is 33.7 Å². The molecule has 0 spiro atoms. The van der Waals surface area contributed by atoms with Gasteiger partial charge in [-0.3, -0.25) is 18.7 Å². The fraction of sp³-hybridized carbons (Fsp3) is 0.424. The molecule has 0 radical (unpaired) electrons. The zero-order chi connectivity index (χ0) is 36.9. The van der Waals surface area contributed by atoms with Crippen molar-refractivity contribution in [3.63, 3.8) is 0 Å². The van der Waals surface area contributed by atoms with E-state index in [1.54, 1.807) is 55.5 Å². The van der Waals surface area contributed by atoms with Gasteiger partial charge in [-0.15, -0.1) is 0 Å². The molecule has 2 aromatic carbocycles. The van der Waals surface area contributed by atoms with Crippen LogP contribution in [-0.2, 0) is 46.1 Å². The number of aliphatic hydroxyl groups excluding tert-OH is 1. The molecule has 16 nitrogen and oxygen atoms in total. The number of fused-ring (bicyclic) bond motifs is 1. The fourth-order valence-corrected chi connectivity index (χ4v) is 7.88. The summed E-state index contributed by atoms with van der Waals surface area (Å²) in [6.07, 6.45) is -4.03. The summed E-state index contributed by atoms with van der Waals surface area (Å²) in [6.45, 7) is 5.29. The van der Waals surface area contributed by atoms with Crippen LogP contribution in [0, 0.1) is 10.8 Å². The smallest absolute Gasteiger partial charge is 0.342 e. The predicted octanol–water partition coefficient (Wildman–Crippen LogP) is 3.32. The predicted molar refractivity (Wildman–Crippen MR) is 191 cm³/mol. The first-order valence-corrected chi connectivity index (χ1v) is 18.7. The molecule has 2 aromatic heterocycles. The topological polar surface area (TPSA) is 205 Å². The Bertz CT molecular complexity index is 1810. The molecule has 0 amide bonds. The second-order valence-electron chi connectivity index (χ2n) is 12.1. The minimum absolute atomic E-state index is 0.0247. The maximum Gasteiger partial charge on any atom is 0.342 e. The zero-order valence-corrected chi connectivity index (χ0v) is 31.6. The van der Waals surface area contributed by atoms with Crippen LogP contribution in [0.15, 0.2) is 60.7 Å². The highest BCUT2D eigenvalue weighted by molar-refractivity contribution is 14.1. The highest BCUT2D eigenvalue weighted by Gasteiger charge is 2.54. The number of rotatable bonds is 15. The third-order valence-corrected chi connectivity index (χ3v) is 10.8. The van der Waals surface area contributed by atoms with Crippen molar-refractivity contribution < 1.29 is 47.8 Å². The lowest BCUT2D eigenvalue weighted by atomic mass is 9.96. The highest BCUT2D eigenvalue weighted by Crippen LogP contribution is 2.45. The number of benzene rings is 2. The third-order valence-electron chi connectivity index (χ3n) is 8.06. The van der Waals surface area contributed by atoms with Crippen LogP contribution in [-0.4, -0.2) is 85.3 Å². The quantitative estimate of drug-likeness (QED) is 0.0587. The molecule has 0 aliphatic carbocycles. The third kappa shape index (κ3) is 9.10. The van der Waals surface area contributed by atoms with Crippen LogP contribution in [0.3, 0.4) is 0 Å². The molecular weight excluding hydrogens is 798 g/mol. The summed E-state index contributed by atoms with van der Waals surface area (Å²) in [4.78, 5) is 39.1. The first kappa shape index (κ1) is 38.7. The van der Waals surface area contributed by atoms with E-state index in [0.717, 1.165) is 11.1 Å². The molecule has 0 unspecified atom stereocenters. The maximum atomic E-state index is 14.4. The van der Waals surface area contributed by atoms with Crippen LogP contribution in [0.25, 0.3) is 11.2 Å². The van der Waals surface area contributed by atoms with E-state index in [0.29, 0.717) is 20.8 Å². The van der Waals surface area contributed by atoms with E-state index < -0.39 is 62.3 Å². The van der Waals surface area contributed by atoms with Gasteiger partial charge in [0, 0.05) is 22.6 Å². The Morgan fingerprint density at radius 3 is 2.02 bits per heavy atom. The van der Waals surface area contributed by atoms with E-state index >= 15 is 0 Å². The number of aliphatic hydroxyl groups is 2. The SMILES string of the molecule is COc1nc(C)nc2c1nc(I)n2[C@@H]1O[C@H](COP(=O)(N[C@@H](C)C(=O)OCc2ccccc2)N[C@@H](C)C(=O)OCc2ccccc2)[C@@H](O)[C@@]1(C)O. The Hall–Kier alpha value is -3.55. The first-order valence-electron chi connectivity index (χ1n) is 16.0. The molecule has 0 bridgehead atoms. The number of carbonyl (C=O) groups is 2. The molecule has 1 saturated heterocycles. The minimum Gasteiger partial charge on any atom is -0.479 e. The molecule has 274 valence electrons. The van der Waals surface area contributed by atoms with Gasteiger partial charge in [-0.1, -0.05) is 60.7 Å². The van der Waals surface area contributed by atoms with E-state index in [1.807, 2.05) is 34.7 Å². The van der Waals surface area contributed by atoms with E-state index in [-0.39, 0.29) is 19.1 Å². The molecule has 6 atom stereocenters. The summed E-state index contributed by atoms with van der Waals surface area (Å²) in [5.74, 6) is -0.879. The molecule has 18 heteroatoms. The number of halogens is 1. The van der Waals surface area contributed by atoms with Crippen LogP contribution in [0.4, 0.5) is 0 Å². The molecule has 5 rings (SSSR count). The number of ether oxygens (including phenoxy) is 4. The van der Waals surface area contributed by atoms with Crippen LogP contribution in [0.1, 0.15) is 44.0 Å². The van der Waals surface area contributed by atoms with Crippen molar-refractivity contribution in [1.82, 2.24) is 29.7 Å². The van der Waals surface area contributed by atoms with Crippen LogP contribution >= 0.6 is 30.3 Å². The van der Waals surface area contributed by atoms with E-state index in [4.69, 9.17) is 23.5 Å². The van der Waals surface area contributed by atoms with Crippen molar-refractivity contribution >= 4 is 53.4 Å². The lowest BCUT2D eigenvalue weighted by molar-refractivity contribution is -0.147. The molecule has 4 N–H and O–H groups in total. The van der Waals surface area contributed by atoms with E-state index in [2.05, 4.69) is 25.1 Å². The van der Waals surface area contributed by atoms with Crippen LogP contribution in [0.5, 0.6) is 5.88 Å². The van der Waals surface area contributed by atoms with Crippen LogP contribution < -0.4 is 14.9 Å². The molecule has 4 aromatic rings. The Morgan fingerprint density at radius 2 is 1.51 bits per heavy atom. The van der Waals surface area contributed by atoms with Crippen molar-refractivity contribution in [2.45, 2.75) is 77.0 Å². The number of methoxy groups -OCH3 is 1. The monoisotopic (exact) mass is 838 g/mol. The summed E-state index contributed by atoms with van der Waals surface area (Å²) in [5, 5.41) is 28.1. The Morgan fingerprint density at radius 1 is 0.980 bits per heavy atom. The Balaban J connectivity index is 1.33. The van der Waals surface area contributed by atoms with Gasteiger partial charge in [0.2, 0.25) is 5.88 Å². The van der Waals surface area contributed by atoms with Gasteiger partial charge in [-0.25, -0.2) is 20.1 Å². The number of esters is 2. The molecule has 1 aliphatic rings. The number of hydrogen-bond donors (Lipinski definition) is 4. The second kappa shape index (κ2) is 16.4. The van der Waals surface area contributed by atoms with Gasteiger partial charge in [0.15, 0.2) is 21.2 Å². The standard InChI is InChI=1S/C33H40IN6O10P/c1-19(29(42)47-16-22-12-8-6-9-13-22)38-51(45,39-20(2)30(43)48-17-23-14-10-7-11-15-23)49-18-24-26(41)33(4,44)31(50-24)40-27-25(37-32(40)34)28(46-5)36-21(3)35-27/h6-15,19-20,24,26,31,41,44H,16-18H2,1-5H3,(H2,38,39,45)/t19-,20-,24+,26+,31+,33+/m0/s1. The van der Waals surface area contributed by atoms with Crippen molar-refractivity contribution in [3.8, 4) is 5.88 Å². The lowest BCUT2D eigenvalue weighted by Crippen LogP contribution is -2.45. The summed E-state index contributed by atoms with van der Waals surface area (Å²) in [5.41, 5.74) is 0.198. The molecule has 1 fully saturated rings. The van der Waals surface area contributed by atoms with E-state index in [1.165, 1.54) is 32.4 Å². The largest absolute Gasteiger partial charge is 0.479 e. The molecule has 51 heavy (non-hydrogen) atoms. The van der Waals surface area contributed by atoms with Crippen LogP contribution in [0.2, 0.25) is 0 Å². The van der Waals surface area contributed by atoms with Crippen molar-refractivity contribution in [2.24, 2.45) is 0 Å².